The van der Waals surface area contributed by atoms with Gasteiger partial charge in [-0.25, -0.2) is 4.98 Å². The molecule has 3 heteroatoms. The molecule has 0 aliphatic carbocycles. The maximum Gasteiger partial charge on any atom is 0.130 e. The number of benzene rings is 2. The highest BCUT2D eigenvalue weighted by Crippen LogP contribution is 2.26. The molecule has 3 rings (SSSR count). The number of aryl methyl sites for hydroxylation is 1. The van der Waals surface area contributed by atoms with E-state index in [1.54, 1.807) is 0 Å². The summed E-state index contributed by atoms with van der Waals surface area (Å²) >= 11 is 6.36. The van der Waals surface area contributed by atoms with Crippen molar-refractivity contribution < 1.29 is 0 Å². The van der Waals surface area contributed by atoms with E-state index in [-0.39, 0.29) is 0 Å². The first-order chi connectivity index (χ1) is 10.1. The van der Waals surface area contributed by atoms with Crippen molar-refractivity contribution in [2.45, 2.75) is 13.5 Å². The number of aromatic nitrogens is 1. The molecule has 3 aromatic rings. The zero-order valence-electron chi connectivity index (χ0n) is 12.2. The zero-order chi connectivity index (χ0) is 14.8. The Kier molecular flexibility index (Phi) is 3.80. The van der Waals surface area contributed by atoms with Crippen LogP contribution in [0.3, 0.4) is 0 Å². The van der Waals surface area contributed by atoms with E-state index in [1.807, 2.05) is 37.4 Å². The van der Waals surface area contributed by atoms with Gasteiger partial charge in [0.15, 0.2) is 0 Å². The summed E-state index contributed by atoms with van der Waals surface area (Å²) in [6.45, 7) is 2.90. The smallest absolute Gasteiger partial charge is 0.130 e. The molecule has 1 heterocycles. The summed E-state index contributed by atoms with van der Waals surface area (Å²) in [7, 11) is 2.04. The number of halogens is 1. The van der Waals surface area contributed by atoms with Crippen molar-refractivity contribution >= 4 is 28.3 Å². The number of para-hydroxylation sites is 1. The van der Waals surface area contributed by atoms with Crippen LogP contribution < -0.4 is 4.90 Å². The molecule has 0 fully saturated rings. The van der Waals surface area contributed by atoms with E-state index in [4.69, 9.17) is 16.6 Å². The lowest BCUT2D eigenvalue weighted by Crippen LogP contribution is -2.17. The largest absolute Gasteiger partial charge is 0.355 e. The molecule has 106 valence electrons. The Labute approximate surface area is 130 Å². The minimum atomic E-state index is 0.742. The Morgan fingerprint density at radius 3 is 2.52 bits per heavy atom. The van der Waals surface area contributed by atoms with Gasteiger partial charge in [-0.3, -0.25) is 0 Å². The molecule has 0 spiro atoms. The van der Waals surface area contributed by atoms with Gasteiger partial charge in [0.1, 0.15) is 5.82 Å². The van der Waals surface area contributed by atoms with Crippen LogP contribution in [0, 0.1) is 6.92 Å². The Morgan fingerprint density at radius 2 is 1.76 bits per heavy atom. The van der Waals surface area contributed by atoms with Gasteiger partial charge >= 0.3 is 0 Å². The molecule has 0 bridgehead atoms. The van der Waals surface area contributed by atoms with Gasteiger partial charge < -0.3 is 4.90 Å². The second-order valence-corrected chi connectivity index (χ2v) is 5.73. The summed E-state index contributed by atoms with van der Waals surface area (Å²) in [6.07, 6.45) is 0. The average Bonchev–Trinajstić information content (AvgIpc) is 2.49. The van der Waals surface area contributed by atoms with Crippen LogP contribution in [0.4, 0.5) is 5.82 Å². The van der Waals surface area contributed by atoms with E-state index in [2.05, 4.69) is 36.1 Å². The highest BCUT2D eigenvalue weighted by atomic mass is 35.5. The molecule has 21 heavy (non-hydrogen) atoms. The van der Waals surface area contributed by atoms with Gasteiger partial charge in [0, 0.05) is 19.0 Å². The summed E-state index contributed by atoms with van der Waals surface area (Å²) in [5, 5.41) is 1.73. The van der Waals surface area contributed by atoms with Crippen molar-refractivity contribution in [3.63, 3.8) is 0 Å². The number of nitrogens with zero attached hydrogens (tertiary/aromatic N) is 2. The van der Waals surface area contributed by atoms with Crippen molar-refractivity contribution in [1.82, 2.24) is 4.98 Å². The summed E-state index contributed by atoms with van der Waals surface area (Å²) in [6, 6.07) is 18.4. The van der Waals surface area contributed by atoms with Gasteiger partial charge in [0.2, 0.25) is 0 Å². The first-order valence-electron chi connectivity index (χ1n) is 6.95. The number of hydrogen-bond acceptors (Lipinski definition) is 2. The second kappa shape index (κ2) is 5.74. The average molecular weight is 297 g/mol. The molecule has 1 aromatic heterocycles. The first kappa shape index (κ1) is 13.9. The highest BCUT2D eigenvalue weighted by Gasteiger charge is 2.08. The molecule has 0 saturated heterocycles. The fraction of sp³-hybridized carbons (Fsp3) is 0.167. The van der Waals surface area contributed by atoms with Gasteiger partial charge in [-0.05, 0) is 24.6 Å². The van der Waals surface area contributed by atoms with E-state index >= 15 is 0 Å². The molecule has 2 nitrogen and oxygen atoms in total. The van der Waals surface area contributed by atoms with Crippen LogP contribution in [0.2, 0.25) is 5.02 Å². The minimum Gasteiger partial charge on any atom is -0.355 e. The maximum atomic E-state index is 6.36. The molecule has 0 amide bonds. The predicted molar refractivity (Wildman–Crippen MR) is 90.0 cm³/mol. The predicted octanol–water partition coefficient (Wildman–Crippen LogP) is 4.83. The van der Waals surface area contributed by atoms with Crippen molar-refractivity contribution in [3.8, 4) is 0 Å². The van der Waals surface area contributed by atoms with Crippen LogP contribution in [-0.4, -0.2) is 12.0 Å². The van der Waals surface area contributed by atoms with Crippen LogP contribution >= 0.6 is 11.6 Å². The minimum absolute atomic E-state index is 0.742. The third-order valence-electron chi connectivity index (χ3n) is 3.58. The topological polar surface area (TPSA) is 16.1 Å². The molecule has 0 unspecified atom stereocenters. The Balaban J connectivity index is 1.90. The molecule has 0 aliphatic rings. The van der Waals surface area contributed by atoms with Gasteiger partial charge in [-0.2, -0.15) is 0 Å². The first-order valence-corrected chi connectivity index (χ1v) is 7.33. The van der Waals surface area contributed by atoms with E-state index in [0.717, 1.165) is 28.3 Å². The molecular formula is C18H17ClN2. The molecule has 0 saturated carbocycles. The third kappa shape index (κ3) is 3.01. The summed E-state index contributed by atoms with van der Waals surface area (Å²) < 4.78 is 0. The van der Waals surface area contributed by atoms with Crippen molar-refractivity contribution in [1.29, 1.82) is 0 Å². The Morgan fingerprint density at radius 1 is 1.05 bits per heavy atom. The molecule has 2 aromatic carbocycles. The van der Waals surface area contributed by atoms with Crippen LogP contribution in [0.5, 0.6) is 0 Å². The fourth-order valence-electron chi connectivity index (χ4n) is 2.36. The SMILES string of the molecule is Cc1ccc(CN(C)c2cc(Cl)c3ccccc3n2)cc1. The molecule has 0 radical (unpaired) electrons. The molecule has 0 atom stereocenters. The maximum absolute atomic E-state index is 6.36. The van der Waals surface area contributed by atoms with E-state index in [1.165, 1.54) is 11.1 Å². The quantitative estimate of drug-likeness (QED) is 0.688. The lowest BCUT2D eigenvalue weighted by molar-refractivity contribution is 0.902. The van der Waals surface area contributed by atoms with Gasteiger partial charge in [0.05, 0.1) is 10.5 Å². The molecule has 0 N–H and O–H groups in total. The summed E-state index contributed by atoms with van der Waals surface area (Å²) in [5.41, 5.74) is 3.46. The Bertz CT molecular complexity index is 766. The van der Waals surface area contributed by atoms with E-state index in [9.17, 15) is 0 Å². The van der Waals surface area contributed by atoms with Crippen molar-refractivity contribution in [2.75, 3.05) is 11.9 Å². The van der Waals surface area contributed by atoms with Gasteiger partial charge in [0.25, 0.3) is 0 Å². The highest BCUT2D eigenvalue weighted by molar-refractivity contribution is 6.35. The lowest BCUT2D eigenvalue weighted by atomic mass is 10.1. The second-order valence-electron chi connectivity index (χ2n) is 5.32. The fourth-order valence-corrected chi connectivity index (χ4v) is 2.62. The number of hydrogen-bond donors (Lipinski definition) is 0. The standard InChI is InChI=1S/C18H17ClN2/c1-13-7-9-14(10-8-13)12-21(2)18-11-16(19)15-5-3-4-6-17(15)20-18/h3-11H,12H2,1-2H3. The van der Waals surface area contributed by atoms with Crippen molar-refractivity contribution in [3.05, 3.63) is 70.7 Å². The number of anilines is 1. The van der Waals surface area contributed by atoms with E-state index < -0.39 is 0 Å². The number of rotatable bonds is 3. The van der Waals surface area contributed by atoms with Gasteiger partial charge in [-0.1, -0.05) is 59.6 Å². The normalized spacial score (nSPS) is 10.8. The lowest BCUT2D eigenvalue weighted by Gasteiger charge is -2.19. The van der Waals surface area contributed by atoms with Crippen molar-refractivity contribution in [2.24, 2.45) is 0 Å². The van der Waals surface area contributed by atoms with Crippen LogP contribution in [0.25, 0.3) is 10.9 Å². The zero-order valence-corrected chi connectivity index (χ0v) is 12.9. The van der Waals surface area contributed by atoms with Gasteiger partial charge in [-0.15, -0.1) is 0 Å². The van der Waals surface area contributed by atoms with Crippen LogP contribution in [0.1, 0.15) is 11.1 Å². The Hall–Kier alpha value is -2.06. The number of pyridine rings is 1. The molecule has 0 aliphatic heterocycles. The summed E-state index contributed by atoms with van der Waals surface area (Å²) in [4.78, 5) is 6.81. The molecular weight excluding hydrogens is 280 g/mol. The third-order valence-corrected chi connectivity index (χ3v) is 3.90. The summed E-state index contributed by atoms with van der Waals surface area (Å²) in [5.74, 6) is 0.888. The van der Waals surface area contributed by atoms with E-state index in [0.29, 0.717) is 0 Å². The number of fused-ring (bicyclic) bond motifs is 1. The monoisotopic (exact) mass is 296 g/mol. The van der Waals surface area contributed by atoms with Crippen LogP contribution in [-0.2, 0) is 6.54 Å². The van der Waals surface area contributed by atoms with Crippen LogP contribution in [0.15, 0.2) is 54.6 Å².